The minimum absolute atomic E-state index is 0.266. The first-order chi connectivity index (χ1) is 11.6. The van der Waals surface area contributed by atoms with Crippen LogP contribution in [0.3, 0.4) is 0 Å². The van der Waals surface area contributed by atoms with Gasteiger partial charge in [0.05, 0.1) is 10.6 Å². The SMILES string of the molecule is O=C(O)c1sc(C(=O)Nc2ccc3nncn3c2)c2c1CCCC2. The van der Waals surface area contributed by atoms with Gasteiger partial charge in [-0.2, -0.15) is 0 Å². The van der Waals surface area contributed by atoms with Crippen LogP contribution in [0, 0.1) is 0 Å². The summed E-state index contributed by atoms with van der Waals surface area (Å²) < 4.78 is 1.71. The monoisotopic (exact) mass is 342 g/mol. The standard InChI is InChI=1S/C16H14N4O3S/c21-15(18-9-5-6-12-19-17-8-20(12)7-9)13-10-3-1-2-4-11(10)14(24-13)16(22)23/h5-8H,1-4H2,(H,18,21)(H,22,23). The maximum absolute atomic E-state index is 12.7. The number of nitrogens with zero attached hydrogens (tertiary/aromatic N) is 3. The van der Waals surface area contributed by atoms with E-state index in [1.807, 2.05) is 0 Å². The fraction of sp³-hybridized carbons (Fsp3) is 0.250. The van der Waals surface area contributed by atoms with Gasteiger partial charge in [0.25, 0.3) is 5.91 Å². The van der Waals surface area contributed by atoms with Crippen molar-refractivity contribution in [1.82, 2.24) is 14.6 Å². The summed E-state index contributed by atoms with van der Waals surface area (Å²) in [6.45, 7) is 0. The topological polar surface area (TPSA) is 96.6 Å². The van der Waals surface area contributed by atoms with Crippen LogP contribution in [0.2, 0.25) is 0 Å². The van der Waals surface area contributed by atoms with Gasteiger partial charge in [-0.05, 0) is 48.9 Å². The minimum Gasteiger partial charge on any atom is -0.477 e. The number of carbonyl (C=O) groups is 2. The molecule has 0 radical (unpaired) electrons. The molecule has 0 atom stereocenters. The normalized spacial score (nSPS) is 13.7. The molecule has 3 aromatic rings. The molecule has 0 unspecified atom stereocenters. The number of carbonyl (C=O) groups excluding carboxylic acids is 1. The van der Waals surface area contributed by atoms with Crippen molar-refractivity contribution in [2.75, 3.05) is 5.32 Å². The average molecular weight is 342 g/mol. The van der Waals surface area contributed by atoms with Crippen LogP contribution >= 0.6 is 11.3 Å². The molecule has 1 aliphatic carbocycles. The van der Waals surface area contributed by atoms with E-state index in [4.69, 9.17) is 0 Å². The van der Waals surface area contributed by atoms with Crippen LogP contribution in [0.15, 0.2) is 24.7 Å². The van der Waals surface area contributed by atoms with E-state index < -0.39 is 5.97 Å². The molecule has 0 saturated heterocycles. The second-order valence-electron chi connectivity index (χ2n) is 5.70. The van der Waals surface area contributed by atoms with Crippen molar-refractivity contribution in [3.05, 3.63) is 45.5 Å². The number of amides is 1. The van der Waals surface area contributed by atoms with Gasteiger partial charge < -0.3 is 10.4 Å². The summed E-state index contributed by atoms with van der Waals surface area (Å²) in [5.41, 5.74) is 3.03. The van der Waals surface area contributed by atoms with Gasteiger partial charge in [-0.15, -0.1) is 21.5 Å². The van der Waals surface area contributed by atoms with E-state index in [2.05, 4.69) is 15.5 Å². The maximum atomic E-state index is 12.7. The summed E-state index contributed by atoms with van der Waals surface area (Å²) in [6.07, 6.45) is 6.72. The van der Waals surface area contributed by atoms with E-state index in [1.165, 1.54) is 0 Å². The Bertz CT molecular complexity index is 960. The van der Waals surface area contributed by atoms with E-state index in [0.29, 0.717) is 21.1 Å². The predicted octanol–water partition coefficient (Wildman–Crippen LogP) is 2.62. The van der Waals surface area contributed by atoms with Gasteiger partial charge in [0.2, 0.25) is 0 Å². The predicted molar refractivity (Wildman–Crippen MR) is 88.9 cm³/mol. The summed E-state index contributed by atoms with van der Waals surface area (Å²) in [5.74, 6) is -1.22. The lowest BCUT2D eigenvalue weighted by Crippen LogP contribution is -2.14. The highest BCUT2D eigenvalue weighted by atomic mass is 32.1. The summed E-state index contributed by atoms with van der Waals surface area (Å²) >= 11 is 1.07. The summed E-state index contributed by atoms with van der Waals surface area (Å²) in [5, 5.41) is 19.9. The molecule has 0 saturated carbocycles. The fourth-order valence-corrected chi connectivity index (χ4v) is 4.21. The number of fused-ring (bicyclic) bond motifs is 2. The first kappa shape index (κ1) is 14.8. The van der Waals surface area contributed by atoms with E-state index in [-0.39, 0.29) is 5.91 Å². The quantitative estimate of drug-likeness (QED) is 0.763. The van der Waals surface area contributed by atoms with Gasteiger partial charge in [0, 0.05) is 6.20 Å². The lowest BCUT2D eigenvalue weighted by Gasteiger charge is -2.13. The Kier molecular flexibility index (Phi) is 3.53. The summed E-state index contributed by atoms with van der Waals surface area (Å²) in [7, 11) is 0. The van der Waals surface area contributed by atoms with Gasteiger partial charge in [-0.25, -0.2) is 4.79 Å². The van der Waals surface area contributed by atoms with Crippen molar-refractivity contribution in [3.8, 4) is 0 Å². The molecular weight excluding hydrogens is 328 g/mol. The van der Waals surface area contributed by atoms with Gasteiger partial charge >= 0.3 is 5.97 Å². The highest BCUT2D eigenvalue weighted by molar-refractivity contribution is 7.16. The maximum Gasteiger partial charge on any atom is 0.346 e. The van der Waals surface area contributed by atoms with Crippen molar-refractivity contribution in [1.29, 1.82) is 0 Å². The molecule has 122 valence electrons. The average Bonchev–Trinajstić information content (AvgIpc) is 3.18. The molecule has 0 aromatic carbocycles. The van der Waals surface area contributed by atoms with Crippen molar-refractivity contribution < 1.29 is 14.7 Å². The first-order valence-electron chi connectivity index (χ1n) is 7.62. The molecule has 3 aromatic heterocycles. The van der Waals surface area contributed by atoms with Crippen molar-refractivity contribution in [2.45, 2.75) is 25.7 Å². The number of nitrogens with one attached hydrogen (secondary N) is 1. The Morgan fingerprint density at radius 3 is 2.67 bits per heavy atom. The van der Waals surface area contributed by atoms with E-state index in [0.717, 1.165) is 48.1 Å². The van der Waals surface area contributed by atoms with Gasteiger partial charge in [-0.3, -0.25) is 9.20 Å². The van der Waals surface area contributed by atoms with Gasteiger partial charge in [-0.1, -0.05) is 0 Å². The number of carboxylic acids is 1. The van der Waals surface area contributed by atoms with Crippen LogP contribution in [0.25, 0.3) is 5.65 Å². The van der Waals surface area contributed by atoms with Crippen LogP contribution in [0.4, 0.5) is 5.69 Å². The number of carboxylic acid groups (broad SMARTS) is 1. The molecule has 0 aliphatic heterocycles. The third kappa shape index (κ3) is 2.44. The molecule has 0 bridgehead atoms. The van der Waals surface area contributed by atoms with Gasteiger partial charge in [0.1, 0.15) is 11.2 Å². The highest BCUT2D eigenvalue weighted by Gasteiger charge is 2.27. The second-order valence-corrected chi connectivity index (χ2v) is 6.72. The molecule has 0 fully saturated rings. The molecule has 1 aliphatic rings. The van der Waals surface area contributed by atoms with Crippen LogP contribution in [0.1, 0.15) is 43.3 Å². The van der Waals surface area contributed by atoms with E-state index >= 15 is 0 Å². The van der Waals surface area contributed by atoms with Crippen LogP contribution < -0.4 is 5.32 Å². The second kappa shape index (κ2) is 5.72. The number of pyridine rings is 1. The van der Waals surface area contributed by atoms with Crippen molar-refractivity contribution in [2.24, 2.45) is 0 Å². The zero-order valence-corrected chi connectivity index (χ0v) is 13.5. The zero-order valence-electron chi connectivity index (χ0n) is 12.7. The molecule has 1 amide bonds. The number of hydrogen-bond acceptors (Lipinski definition) is 5. The fourth-order valence-electron chi connectivity index (χ4n) is 3.08. The third-order valence-corrected chi connectivity index (χ3v) is 5.43. The number of hydrogen-bond donors (Lipinski definition) is 2. The number of aromatic carboxylic acids is 1. The minimum atomic E-state index is -0.955. The van der Waals surface area contributed by atoms with E-state index in [1.54, 1.807) is 29.1 Å². The molecule has 3 heterocycles. The molecule has 0 spiro atoms. The zero-order chi connectivity index (χ0) is 16.7. The largest absolute Gasteiger partial charge is 0.477 e. The van der Waals surface area contributed by atoms with Crippen LogP contribution in [-0.2, 0) is 12.8 Å². The lowest BCUT2D eigenvalue weighted by atomic mass is 9.92. The van der Waals surface area contributed by atoms with Crippen molar-refractivity contribution in [3.63, 3.8) is 0 Å². The molecule has 8 heteroatoms. The molecular formula is C16H14N4O3S. The Morgan fingerprint density at radius 1 is 1.17 bits per heavy atom. The third-order valence-electron chi connectivity index (χ3n) is 4.17. The summed E-state index contributed by atoms with van der Waals surface area (Å²) in [6, 6.07) is 3.51. The first-order valence-corrected chi connectivity index (χ1v) is 8.43. The Hall–Kier alpha value is -2.74. The molecule has 7 nitrogen and oxygen atoms in total. The number of thiophene rings is 1. The Balaban J connectivity index is 1.67. The van der Waals surface area contributed by atoms with E-state index in [9.17, 15) is 14.7 Å². The highest BCUT2D eigenvalue weighted by Crippen LogP contribution is 2.35. The Morgan fingerprint density at radius 2 is 1.92 bits per heavy atom. The molecule has 2 N–H and O–H groups in total. The van der Waals surface area contributed by atoms with Gasteiger partial charge in [0.15, 0.2) is 5.65 Å². The van der Waals surface area contributed by atoms with Crippen LogP contribution in [0.5, 0.6) is 0 Å². The Labute approximate surface area is 141 Å². The smallest absolute Gasteiger partial charge is 0.346 e. The molecule has 24 heavy (non-hydrogen) atoms. The molecule has 4 rings (SSSR count). The van der Waals surface area contributed by atoms with Crippen LogP contribution in [-0.4, -0.2) is 31.6 Å². The number of aromatic nitrogens is 3. The number of anilines is 1. The summed E-state index contributed by atoms with van der Waals surface area (Å²) in [4.78, 5) is 24.9. The number of rotatable bonds is 3. The lowest BCUT2D eigenvalue weighted by molar-refractivity contribution is 0.0700. The van der Waals surface area contributed by atoms with Crippen molar-refractivity contribution >= 4 is 34.5 Å².